The molecule has 6 heteroatoms. The first-order valence-electron chi connectivity index (χ1n) is 8.78. The van der Waals surface area contributed by atoms with Gasteiger partial charge in [0.2, 0.25) is 0 Å². The van der Waals surface area contributed by atoms with Crippen LogP contribution in [-0.4, -0.2) is 9.97 Å². The molecule has 5 nitrogen and oxygen atoms in total. The molecular weight excluding hydrogens is 543 g/mol. The van der Waals surface area contributed by atoms with Gasteiger partial charge in [-0.1, -0.05) is 42.5 Å². The van der Waals surface area contributed by atoms with Crippen molar-refractivity contribution in [3.8, 4) is 22.8 Å². The SMILES string of the molecule is O=c1cc(-c2ccccn2)[n-]c(-c2ccccn2)c1.[Pt+2].c1ccc2[n-]ccc2c1. The molecule has 5 rings (SSSR count). The quantitative estimate of drug-likeness (QED) is 0.328. The standard InChI is InChI=1S/C15H11N3O.C8H6N.Pt/c19-11-9-14(12-5-1-3-7-16-12)18-15(10-11)13-6-2-4-8-17-13;1-2-4-8-7(3-1)5-6-9-8;/h1-10H,(H,18,19);1-6H;/q;-1;+2/p-1. The Hall–Kier alpha value is -3.30. The first-order chi connectivity index (χ1) is 13.8. The zero-order chi connectivity index (χ0) is 19.2. The summed E-state index contributed by atoms with van der Waals surface area (Å²) in [5.41, 5.74) is 3.46. The largest absolute Gasteiger partial charge is 2.00 e. The molecule has 0 amide bonds. The molecule has 1 aromatic carbocycles. The Morgan fingerprint density at radius 3 is 1.83 bits per heavy atom. The molecule has 0 N–H and O–H groups in total. The van der Waals surface area contributed by atoms with Crippen LogP contribution in [0.4, 0.5) is 0 Å². The number of hydrogen-bond acceptors (Lipinski definition) is 3. The van der Waals surface area contributed by atoms with E-state index in [0.29, 0.717) is 22.8 Å². The Kier molecular flexibility index (Phi) is 6.88. The minimum Gasteiger partial charge on any atom is -0.664 e. The number of fused-ring (bicyclic) bond motifs is 1. The number of benzene rings is 1. The number of pyridine rings is 3. The van der Waals surface area contributed by atoms with Gasteiger partial charge < -0.3 is 9.97 Å². The Labute approximate surface area is 182 Å². The molecular formula is C23H16N4OPt. The van der Waals surface area contributed by atoms with E-state index in [1.807, 2.05) is 66.9 Å². The average molecular weight is 559 g/mol. The number of rotatable bonds is 2. The summed E-state index contributed by atoms with van der Waals surface area (Å²) in [6.45, 7) is 0. The Morgan fingerprint density at radius 1 is 0.690 bits per heavy atom. The fourth-order valence-electron chi connectivity index (χ4n) is 2.74. The first kappa shape index (κ1) is 20.4. The van der Waals surface area contributed by atoms with Crippen LogP contribution in [0.25, 0.3) is 33.7 Å². The van der Waals surface area contributed by atoms with Crippen LogP contribution in [-0.2, 0) is 21.1 Å². The number of hydrogen-bond donors (Lipinski definition) is 0. The van der Waals surface area contributed by atoms with E-state index in [4.69, 9.17) is 0 Å². The van der Waals surface area contributed by atoms with E-state index in [2.05, 4.69) is 26.0 Å². The van der Waals surface area contributed by atoms with Crippen molar-refractivity contribution in [3.05, 3.63) is 108 Å². The summed E-state index contributed by atoms with van der Waals surface area (Å²) >= 11 is 0. The van der Waals surface area contributed by atoms with Crippen molar-refractivity contribution in [2.24, 2.45) is 0 Å². The average Bonchev–Trinajstić information content (AvgIpc) is 3.24. The van der Waals surface area contributed by atoms with Crippen molar-refractivity contribution >= 4 is 10.9 Å². The van der Waals surface area contributed by atoms with Crippen LogP contribution in [0.2, 0.25) is 0 Å². The van der Waals surface area contributed by atoms with Crippen molar-refractivity contribution in [2.75, 3.05) is 0 Å². The number of aromatic nitrogens is 4. The molecule has 0 saturated carbocycles. The molecule has 0 spiro atoms. The van der Waals surface area contributed by atoms with Crippen molar-refractivity contribution in [2.45, 2.75) is 0 Å². The fraction of sp³-hybridized carbons (Fsp3) is 0. The van der Waals surface area contributed by atoms with Crippen molar-refractivity contribution in [1.82, 2.24) is 19.9 Å². The second-order valence-corrected chi connectivity index (χ2v) is 6.01. The second-order valence-electron chi connectivity index (χ2n) is 6.01. The maximum Gasteiger partial charge on any atom is 2.00 e. The Morgan fingerprint density at radius 2 is 1.28 bits per heavy atom. The summed E-state index contributed by atoms with van der Waals surface area (Å²) in [7, 11) is 0. The summed E-state index contributed by atoms with van der Waals surface area (Å²) < 4.78 is 0. The zero-order valence-electron chi connectivity index (χ0n) is 15.3. The van der Waals surface area contributed by atoms with Crippen LogP contribution in [0, 0.1) is 0 Å². The predicted molar refractivity (Wildman–Crippen MR) is 110 cm³/mol. The molecule has 0 aliphatic rings. The molecule has 0 radical (unpaired) electrons. The Balaban J connectivity index is 0.000000201. The summed E-state index contributed by atoms with van der Waals surface area (Å²) in [5.74, 6) is 0. The first-order valence-corrected chi connectivity index (χ1v) is 8.78. The van der Waals surface area contributed by atoms with E-state index in [1.54, 1.807) is 12.4 Å². The zero-order valence-corrected chi connectivity index (χ0v) is 17.5. The van der Waals surface area contributed by atoms with E-state index in [1.165, 1.54) is 17.5 Å². The van der Waals surface area contributed by atoms with Gasteiger partial charge in [0.25, 0.3) is 0 Å². The normalized spacial score (nSPS) is 9.93. The van der Waals surface area contributed by atoms with Gasteiger partial charge in [0, 0.05) is 23.8 Å². The number of para-hydroxylation sites is 1. The molecule has 4 heterocycles. The number of nitrogens with zero attached hydrogens (tertiary/aromatic N) is 4. The van der Waals surface area contributed by atoms with Crippen molar-refractivity contribution < 1.29 is 21.1 Å². The van der Waals surface area contributed by atoms with Gasteiger partial charge in [-0.25, -0.2) is 0 Å². The van der Waals surface area contributed by atoms with E-state index in [0.717, 1.165) is 5.52 Å². The van der Waals surface area contributed by atoms with Crippen LogP contribution in [0.3, 0.4) is 0 Å². The Bertz CT molecular complexity index is 1140. The molecule has 0 aliphatic carbocycles. The topological polar surface area (TPSA) is 71.1 Å². The van der Waals surface area contributed by atoms with Crippen LogP contribution in [0.1, 0.15) is 0 Å². The van der Waals surface area contributed by atoms with Crippen LogP contribution in [0.15, 0.2) is 102 Å². The third kappa shape index (κ3) is 5.15. The molecule has 0 atom stereocenters. The summed E-state index contributed by atoms with van der Waals surface area (Å²) in [5, 5.41) is 1.22. The fourth-order valence-corrected chi connectivity index (χ4v) is 2.74. The van der Waals surface area contributed by atoms with Crippen molar-refractivity contribution in [3.63, 3.8) is 0 Å². The molecule has 0 unspecified atom stereocenters. The maximum atomic E-state index is 11.8. The van der Waals surface area contributed by atoms with E-state index < -0.39 is 0 Å². The molecule has 0 fully saturated rings. The van der Waals surface area contributed by atoms with Crippen LogP contribution < -0.4 is 15.4 Å². The minimum atomic E-state index is -0.101. The smallest absolute Gasteiger partial charge is 0.664 e. The molecule has 5 aromatic rings. The van der Waals surface area contributed by atoms with Gasteiger partial charge in [0.05, 0.1) is 0 Å². The van der Waals surface area contributed by atoms with Gasteiger partial charge >= 0.3 is 21.1 Å². The van der Waals surface area contributed by atoms with E-state index in [-0.39, 0.29) is 26.5 Å². The van der Waals surface area contributed by atoms with Gasteiger partial charge in [-0.2, -0.15) is 6.20 Å². The maximum absolute atomic E-state index is 11.8. The summed E-state index contributed by atoms with van der Waals surface area (Å²) in [6.07, 6.45) is 5.18. The van der Waals surface area contributed by atoms with Gasteiger partial charge in [-0.3, -0.25) is 14.8 Å². The van der Waals surface area contributed by atoms with Gasteiger partial charge in [-0.05, 0) is 41.8 Å². The third-order valence-corrected chi connectivity index (χ3v) is 4.06. The minimum absolute atomic E-state index is 0. The van der Waals surface area contributed by atoms with Crippen LogP contribution >= 0.6 is 0 Å². The predicted octanol–water partition coefficient (Wildman–Crippen LogP) is 3.92. The molecule has 0 saturated heterocycles. The van der Waals surface area contributed by atoms with Gasteiger partial charge in [0.1, 0.15) is 0 Å². The van der Waals surface area contributed by atoms with Gasteiger partial charge in [0.15, 0.2) is 5.43 Å². The van der Waals surface area contributed by atoms with Crippen LogP contribution in [0.5, 0.6) is 0 Å². The molecule has 0 aliphatic heterocycles. The molecule has 0 bridgehead atoms. The molecule has 29 heavy (non-hydrogen) atoms. The molecule has 4 aromatic heterocycles. The van der Waals surface area contributed by atoms with Gasteiger partial charge in [-0.15, -0.1) is 16.9 Å². The summed E-state index contributed by atoms with van der Waals surface area (Å²) in [4.78, 5) is 28.7. The second kappa shape index (κ2) is 9.76. The third-order valence-electron chi connectivity index (χ3n) is 4.06. The summed E-state index contributed by atoms with van der Waals surface area (Å²) in [6, 6.07) is 24.1. The molecule has 144 valence electrons. The van der Waals surface area contributed by atoms with E-state index >= 15 is 0 Å². The van der Waals surface area contributed by atoms with Crippen molar-refractivity contribution in [1.29, 1.82) is 0 Å². The monoisotopic (exact) mass is 559 g/mol. The van der Waals surface area contributed by atoms with E-state index in [9.17, 15) is 4.79 Å².